The number of guanidine groups is 1. The highest BCUT2D eigenvalue weighted by molar-refractivity contribution is 14.0. The molecule has 1 unspecified atom stereocenters. The number of aliphatic imine (C=N–C) groups is 1. The van der Waals surface area contributed by atoms with E-state index < -0.39 is 0 Å². The van der Waals surface area contributed by atoms with Crippen LogP contribution in [-0.4, -0.2) is 67.0 Å². The van der Waals surface area contributed by atoms with Crippen LogP contribution in [0, 0.1) is 5.92 Å². The number of halogens is 1. The summed E-state index contributed by atoms with van der Waals surface area (Å²) in [6.07, 6.45) is 5.00. The summed E-state index contributed by atoms with van der Waals surface area (Å²) in [6, 6.07) is 10.4. The molecule has 1 atom stereocenters. The molecule has 1 fully saturated rings. The van der Waals surface area contributed by atoms with Gasteiger partial charge >= 0.3 is 0 Å². The molecule has 8 heteroatoms. The van der Waals surface area contributed by atoms with Crippen LogP contribution >= 0.6 is 24.0 Å². The molecular formula is C22H34IN5O2. The van der Waals surface area contributed by atoms with Crippen molar-refractivity contribution in [3.8, 4) is 0 Å². The van der Waals surface area contributed by atoms with Gasteiger partial charge in [0.25, 0.3) is 0 Å². The van der Waals surface area contributed by atoms with Gasteiger partial charge in [-0.1, -0.05) is 30.3 Å². The molecule has 3 rings (SSSR count). The molecule has 2 heterocycles. The topological polar surface area (TPSA) is 63.9 Å². The summed E-state index contributed by atoms with van der Waals surface area (Å²) in [6.45, 7) is 8.39. The van der Waals surface area contributed by atoms with Crippen LogP contribution in [0.4, 0.5) is 0 Å². The van der Waals surface area contributed by atoms with Crippen LogP contribution in [0.25, 0.3) is 0 Å². The zero-order chi connectivity index (χ0) is 20.3. The van der Waals surface area contributed by atoms with E-state index in [0.29, 0.717) is 25.7 Å². The van der Waals surface area contributed by atoms with Crippen LogP contribution in [0.3, 0.4) is 0 Å². The van der Waals surface area contributed by atoms with Crippen molar-refractivity contribution in [2.45, 2.75) is 26.4 Å². The molecule has 1 aliphatic heterocycles. The van der Waals surface area contributed by atoms with Gasteiger partial charge in [0.05, 0.1) is 19.8 Å². The normalized spacial score (nSPS) is 16.5. The Bertz CT molecular complexity index is 753. The number of nitrogens with one attached hydrogen (secondary N) is 1. The van der Waals surface area contributed by atoms with E-state index in [-0.39, 0.29) is 24.0 Å². The molecule has 0 bridgehead atoms. The van der Waals surface area contributed by atoms with Crippen molar-refractivity contribution < 1.29 is 9.47 Å². The van der Waals surface area contributed by atoms with Crippen molar-refractivity contribution in [1.82, 2.24) is 19.8 Å². The lowest BCUT2D eigenvalue weighted by atomic mass is 10.1. The maximum atomic E-state index is 5.71. The van der Waals surface area contributed by atoms with Gasteiger partial charge in [-0.3, -0.25) is 0 Å². The van der Waals surface area contributed by atoms with Crippen LogP contribution < -0.4 is 5.32 Å². The standard InChI is InChI=1S/C22H33N5O2.HI/c1-3-23-22(27-11-9-20(17-27)18-29-14-13-28-2)25-15-21-24-10-12-26(21)16-19-7-5-4-6-8-19;/h4-8,10,12,20H,3,9,11,13-18H2,1-2H3,(H,23,25);1H. The molecule has 1 N–H and O–H groups in total. The number of hydrogen-bond acceptors (Lipinski definition) is 4. The number of methoxy groups -OCH3 is 1. The summed E-state index contributed by atoms with van der Waals surface area (Å²) in [5, 5.41) is 3.43. The highest BCUT2D eigenvalue weighted by Crippen LogP contribution is 2.17. The predicted octanol–water partition coefficient (Wildman–Crippen LogP) is 3.00. The first-order valence-corrected chi connectivity index (χ1v) is 10.4. The lowest BCUT2D eigenvalue weighted by molar-refractivity contribution is 0.0536. The second-order valence-electron chi connectivity index (χ2n) is 7.30. The molecule has 1 aromatic heterocycles. The number of benzene rings is 1. The predicted molar refractivity (Wildman–Crippen MR) is 130 cm³/mol. The van der Waals surface area contributed by atoms with Crippen molar-refractivity contribution in [1.29, 1.82) is 0 Å². The van der Waals surface area contributed by atoms with Gasteiger partial charge in [0.2, 0.25) is 0 Å². The molecule has 0 saturated carbocycles. The van der Waals surface area contributed by atoms with Crippen molar-refractivity contribution >= 4 is 29.9 Å². The second kappa shape index (κ2) is 13.6. The molecular weight excluding hydrogens is 493 g/mol. The number of nitrogens with zero attached hydrogens (tertiary/aromatic N) is 4. The fourth-order valence-electron chi connectivity index (χ4n) is 3.54. The number of rotatable bonds is 10. The maximum Gasteiger partial charge on any atom is 0.194 e. The average Bonchev–Trinajstić information content (AvgIpc) is 3.39. The minimum Gasteiger partial charge on any atom is -0.382 e. The van der Waals surface area contributed by atoms with Crippen molar-refractivity contribution in [2.75, 3.05) is 46.6 Å². The minimum absolute atomic E-state index is 0. The average molecular weight is 527 g/mol. The van der Waals surface area contributed by atoms with E-state index in [1.54, 1.807) is 7.11 Å². The highest BCUT2D eigenvalue weighted by atomic mass is 127. The molecule has 0 amide bonds. The Morgan fingerprint density at radius 1 is 1.27 bits per heavy atom. The highest BCUT2D eigenvalue weighted by Gasteiger charge is 2.25. The van der Waals surface area contributed by atoms with Crippen LogP contribution in [-0.2, 0) is 22.6 Å². The Kier molecular flexibility index (Phi) is 11.2. The largest absolute Gasteiger partial charge is 0.382 e. The van der Waals surface area contributed by atoms with Crippen LogP contribution in [0.15, 0.2) is 47.7 Å². The molecule has 0 aliphatic carbocycles. The van der Waals surface area contributed by atoms with Gasteiger partial charge in [-0.15, -0.1) is 24.0 Å². The molecule has 166 valence electrons. The Balaban J connectivity index is 0.00000320. The molecule has 1 aliphatic rings. The van der Waals surface area contributed by atoms with E-state index in [1.807, 2.05) is 18.5 Å². The first-order chi connectivity index (χ1) is 14.3. The molecule has 1 aromatic carbocycles. The fraction of sp³-hybridized carbons (Fsp3) is 0.545. The smallest absolute Gasteiger partial charge is 0.194 e. The maximum absolute atomic E-state index is 5.71. The number of ether oxygens (including phenoxy) is 2. The fourth-order valence-corrected chi connectivity index (χ4v) is 3.54. The van der Waals surface area contributed by atoms with E-state index in [0.717, 1.165) is 51.0 Å². The van der Waals surface area contributed by atoms with Gasteiger partial charge in [-0.05, 0) is 18.9 Å². The Labute approximate surface area is 196 Å². The lowest BCUT2D eigenvalue weighted by Gasteiger charge is -2.21. The van der Waals surface area contributed by atoms with E-state index in [1.165, 1.54) is 5.56 Å². The summed E-state index contributed by atoms with van der Waals surface area (Å²) in [4.78, 5) is 11.7. The van der Waals surface area contributed by atoms with Gasteiger partial charge in [0.1, 0.15) is 12.4 Å². The molecule has 1 saturated heterocycles. The molecule has 0 radical (unpaired) electrons. The zero-order valence-electron chi connectivity index (χ0n) is 18.0. The number of hydrogen-bond donors (Lipinski definition) is 1. The molecule has 7 nitrogen and oxygen atoms in total. The minimum atomic E-state index is 0. The first-order valence-electron chi connectivity index (χ1n) is 10.4. The quantitative estimate of drug-likeness (QED) is 0.223. The third-order valence-electron chi connectivity index (χ3n) is 5.07. The summed E-state index contributed by atoms with van der Waals surface area (Å²) >= 11 is 0. The van der Waals surface area contributed by atoms with Crippen LogP contribution in [0.5, 0.6) is 0 Å². The number of imidazole rings is 1. The SMILES string of the molecule is CCNC(=NCc1nccn1Cc1ccccc1)N1CCC(COCCOC)C1.I. The van der Waals surface area contributed by atoms with Gasteiger partial charge in [-0.25, -0.2) is 9.98 Å². The molecule has 30 heavy (non-hydrogen) atoms. The molecule has 0 spiro atoms. The Morgan fingerprint density at radius 3 is 2.87 bits per heavy atom. The first kappa shape index (κ1) is 24.6. The van der Waals surface area contributed by atoms with Gasteiger partial charge in [-0.2, -0.15) is 0 Å². The zero-order valence-corrected chi connectivity index (χ0v) is 20.3. The van der Waals surface area contributed by atoms with Gasteiger partial charge in [0.15, 0.2) is 5.96 Å². The third kappa shape index (κ3) is 7.55. The monoisotopic (exact) mass is 527 g/mol. The van der Waals surface area contributed by atoms with E-state index >= 15 is 0 Å². The Morgan fingerprint density at radius 2 is 2.10 bits per heavy atom. The van der Waals surface area contributed by atoms with E-state index in [2.05, 4.69) is 51.0 Å². The molecule has 2 aromatic rings. The summed E-state index contributed by atoms with van der Waals surface area (Å²) < 4.78 is 12.9. The summed E-state index contributed by atoms with van der Waals surface area (Å²) in [5.74, 6) is 2.47. The lowest BCUT2D eigenvalue weighted by Crippen LogP contribution is -2.40. The van der Waals surface area contributed by atoms with Crippen molar-refractivity contribution in [2.24, 2.45) is 10.9 Å². The van der Waals surface area contributed by atoms with Gasteiger partial charge < -0.3 is 24.3 Å². The van der Waals surface area contributed by atoms with E-state index in [4.69, 9.17) is 14.5 Å². The third-order valence-corrected chi connectivity index (χ3v) is 5.07. The Hall–Kier alpha value is -1.65. The van der Waals surface area contributed by atoms with Crippen LogP contribution in [0.1, 0.15) is 24.7 Å². The number of likely N-dealkylation sites (tertiary alicyclic amines) is 1. The van der Waals surface area contributed by atoms with Gasteiger partial charge in [0, 0.05) is 51.6 Å². The summed E-state index contributed by atoms with van der Waals surface area (Å²) in [5.41, 5.74) is 1.26. The number of aromatic nitrogens is 2. The summed E-state index contributed by atoms with van der Waals surface area (Å²) in [7, 11) is 1.70. The van der Waals surface area contributed by atoms with Crippen molar-refractivity contribution in [3.05, 3.63) is 54.1 Å². The van der Waals surface area contributed by atoms with Crippen molar-refractivity contribution in [3.63, 3.8) is 0 Å². The second-order valence-corrected chi connectivity index (χ2v) is 7.30. The van der Waals surface area contributed by atoms with E-state index in [9.17, 15) is 0 Å². The van der Waals surface area contributed by atoms with Crippen LogP contribution in [0.2, 0.25) is 0 Å².